The fourth-order valence-electron chi connectivity index (χ4n) is 1.24. The Morgan fingerprint density at radius 2 is 1.73 bits per heavy atom. The van der Waals surface area contributed by atoms with Gasteiger partial charge in [-0.2, -0.15) is 5.26 Å². The van der Waals surface area contributed by atoms with E-state index in [0.29, 0.717) is 0 Å². The fourth-order valence-corrected chi connectivity index (χ4v) is 1.24. The molecule has 11 heavy (non-hydrogen) atoms. The highest BCUT2D eigenvalue weighted by Gasteiger charge is 2.27. The molecule has 0 heterocycles. The van der Waals surface area contributed by atoms with Crippen molar-refractivity contribution in [2.24, 2.45) is 5.41 Å². The molecule has 0 aliphatic rings. The van der Waals surface area contributed by atoms with Gasteiger partial charge in [-0.15, -0.1) is 0 Å². The first-order valence-corrected chi connectivity index (χ1v) is 3.93. The quantitative estimate of drug-likeness (QED) is 0.659. The topological polar surface area (TPSA) is 35.8 Å². The third-order valence-corrected chi connectivity index (χ3v) is 1.68. The van der Waals surface area contributed by atoms with Crippen LogP contribution in [-0.2, 0) is 0 Å². The number of rotatable bonds is 2. The maximum Gasteiger partial charge on any atom is 0.104 e. The highest BCUT2D eigenvalue weighted by Crippen LogP contribution is 2.26. The van der Waals surface area contributed by atoms with Crippen molar-refractivity contribution in [3.63, 3.8) is 0 Å². The molecule has 1 unspecified atom stereocenters. The zero-order chi connectivity index (χ0) is 9.12. The van der Waals surface area contributed by atoms with Crippen molar-refractivity contribution in [2.75, 3.05) is 7.05 Å². The van der Waals surface area contributed by atoms with Crippen molar-refractivity contribution in [1.82, 2.24) is 5.32 Å². The van der Waals surface area contributed by atoms with E-state index in [-0.39, 0.29) is 11.0 Å². The van der Waals surface area contributed by atoms with Crippen molar-refractivity contribution in [2.45, 2.75) is 39.7 Å². The lowest BCUT2D eigenvalue weighted by Crippen LogP contribution is -2.41. The number of nitrogens with zero attached hydrogens (tertiary/aromatic N) is 1. The number of hydrogen-bond acceptors (Lipinski definition) is 2. The Bertz CT molecular complexity index is 161. The molecule has 1 atom stereocenters. The molecule has 2 heteroatoms. The van der Waals surface area contributed by atoms with E-state index in [4.69, 9.17) is 5.26 Å². The summed E-state index contributed by atoms with van der Waals surface area (Å²) in [5.41, 5.74) is -0.175. The molecule has 0 fully saturated rings. The van der Waals surface area contributed by atoms with Crippen molar-refractivity contribution in [3.8, 4) is 6.07 Å². The Morgan fingerprint density at radius 3 is 1.82 bits per heavy atom. The Labute approximate surface area is 69.6 Å². The molecule has 0 aromatic heterocycles. The smallest absolute Gasteiger partial charge is 0.104 e. The summed E-state index contributed by atoms with van der Waals surface area (Å²) >= 11 is 0. The summed E-state index contributed by atoms with van der Waals surface area (Å²) in [6.07, 6.45) is 0.868. The van der Waals surface area contributed by atoms with E-state index in [1.165, 1.54) is 0 Å². The van der Waals surface area contributed by atoms with E-state index in [0.717, 1.165) is 6.42 Å². The number of hydrogen-bond donors (Lipinski definition) is 1. The molecule has 0 aromatic carbocycles. The first-order chi connectivity index (χ1) is 4.83. The van der Waals surface area contributed by atoms with Crippen LogP contribution in [0.2, 0.25) is 0 Å². The Kier molecular flexibility index (Phi) is 3.07. The largest absolute Gasteiger partial charge is 0.303 e. The van der Waals surface area contributed by atoms with Gasteiger partial charge in [0.1, 0.15) is 5.54 Å². The number of nitrogens with one attached hydrogen (secondary N) is 1. The molecular weight excluding hydrogens is 136 g/mol. The molecule has 0 spiro atoms. The highest BCUT2D eigenvalue weighted by atomic mass is 14.9. The van der Waals surface area contributed by atoms with E-state index in [1.54, 1.807) is 0 Å². The zero-order valence-corrected chi connectivity index (χ0v) is 8.15. The maximum absolute atomic E-state index is 8.84. The normalized spacial score (nSPS) is 17.1. The van der Waals surface area contributed by atoms with Crippen LogP contribution in [0.15, 0.2) is 0 Å². The van der Waals surface area contributed by atoms with Crippen molar-refractivity contribution in [1.29, 1.82) is 5.26 Å². The van der Waals surface area contributed by atoms with E-state index >= 15 is 0 Å². The van der Waals surface area contributed by atoms with Crippen LogP contribution in [0.3, 0.4) is 0 Å². The van der Waals surface area contributed by atoms with Crippen LogP contribution < -0.4 is 5.32 Å². The van der Waals surface area contributed by atoms with Gasteiger partial charge < -0.3 is 5.32 Å². The Hall–Kier alpha value is -0.550. The lowest BCUT2D eigenvalue weighted by atomic mass is 9.81. The van der Waals surface area contributed by atoms with Crippen LogP contribution in [0.4, 0.5) is 0 Å². The molecule has 0 aliphatic heterocycles. The summed E-state index contributed by atoms with van der Waals surface area (Å²) in [5.74, 6) is 0. The van der Waals surface area contributed by atoms with Crippen LogP contribution in [0.1, 0.15) is 34.1 Å². The molecule has 0 saturated heterocycles. The highest BCUT2D eigenvalue weighted by molar-refractivity contribution is 5.04. The van der Waals surface area contributed by atoms with Crippen LogP contribution in [0.5, 0.6) is 0 Å². The third kappa shape index (κ3) is 4.00. The summed E-state index contributed by atoms with van der Waals surface area (Å²) < 4.78 is 0. The minimum atomic E-state index is -0.377. The molecule has 0 bridgehead atoms. The predicted octanol–water partition coefficient (Wildman–Crippen LogP) is 1.92. The molecule has 1 N–H and O–H groups in total. The zero-order valence-electron chi connectivity index (χ0n) is 8.15. The lowest BCUT2D eigenvalue weighted by molar-refractivity contribution is 0.284. The van der Waals surface area contributed by atoms with E-state index in [9.17, 15) is 0 Å². The molecule has 0 aromatic rings. The summed E-state index contributed by atoms with van der Waals surface area (Å²) in [7, 11) is 1.83. The van der Waals surface area contributed by atoms with E-state index < -0.39 is 0 Å². The van der Waals surface area contributed by atoms with Gasteiger partial charge in [-0.05, 0) is 25.8 Å². The Balaban J connectivity index is 4.23. The molecule has 0 radical (unpaired) electrons. The van der Waals surface area contributed by atoms with Crippen LogP contribution in [-0.4, -0.2) is 12.6 Å². The molecule has 2 nitrogen and oxygen atoms in total. The summed E-state index contributed by atoms with van der Waals surface area (Å²) in [6.45, 7) is 8.35. The Morgan fingerprint density at radius 1 is 1.27 bits per heavy atom. The minimum absolute atomic E-state index is 0.202. The number of nitriles is 1. The van der Waals surface area contributed by atoms with Gasteiger partial charge in [-0.3, -0.25) is 0 Å². The second-order valence-electron chi connectivity index (χ2n) is 4.43. The summed E-state index contributed by atoms with van der Waals surface area (Å²) in [6, 6.07) is 2.27. The minimum Gasteiger partial charge on any atom is -0.303 e. The molecule has 0 amide bonds. The van der Waals surface area contributed by atoms with Gasteiger partial charge in [0.15, 0.2) is 0 Å². The van der Waals surface area contributed by atoms with E-state index in [2.05, 4.69) is 32.2 Å². The van der Waals surface area contributed by atoms with Gasteiger partial charge in [0, 0.05) is 0 Å². The molecular formula is C9H18N2. The van der Waals surface area contributed by atoms with Crippen molar-refractivity contribution in [3.05, 3.63) is 0 Å². The predicted molar refractivity (Wildman–Crippen MR) is 47.1 cm³/mol. The van der Waals surface area contributed by atoms with Gasteiger partial charge in [0.2, 0.25) is 0 Å². The summed E-state index contributed by atoms with van der Waals surface area (Å²) in [4.78, 5) is 0. The van der Waals surface area contributed by atoms with Crippen LogP contribution >= 0.6 is 0 Å². The van der Waals surface area contributed by atoms with Crippen LogP contribution in [0, 0.1) is 16.7 Å². The van der Waals surface area contributed by atoms with Crippen molar-refractivity contribution >= 4 is 0 Å². The molecule has 0 aliphatic carbocycles. The maximum atomic E-state index is 8.84. The standard InChI is InChI=1S/C9H18N2/c1-8(2,3)6-9(4,7-10)11-5/h11H,6H2,1-5H3. The monoisotopic (exact) mass is 154 g/mol. The van der Waals surface area contributed by atoms with Gasteiger partial charge in [-0.25, -0.2) is 0 Å². The first-order valence-electron chi connectivity index (χ1n) is 3.93. The third-order valence-electron chi connectivity index (χ3n) is 1.68. The molecule has 0 saturated carbocycles. The van der Waals surface area contributed by atoms with E-state index in [1.807, 2.05) is 14.0 Å². The summed E-state index contributed by atoms with van der Waals surface area (Å²) in [5, 5.41) is 11.9. The average Bonchev–Trinajstić information content (AvgIpc) is 1.84. The van der Waals surface area contributed by atoms with Crippen molar-refractivity contribution < 1.29 is 0 Å². The van der Waals surface area contributed by atoms with Gasteiger partial charge in [0.05, 0.1) is 6.07 Å². The lowest BCUT2D eigenvalue weighted by Gasteiger charge is -2.29. The van der Waals surface area contributed by atoms with Gasteiger partial charge in [0.25, 0.3) is 0 Å². The molecule has 64 valence electrons. The fraction of sp³-hybridized carbons (Fsp3) is 0.889. The first kappa shape index (κ1) is 10.4. The average molecular weight is 154 g/mol. The van der Waals surface area contributed by atoms with Gasteiger partial charge in [-0.1, -0.05) is 20.8 Å². The second-order valence-corrected chi connectivity index (χ2v) is 4.43. The second kappa shape index (κ2) is 3.23. The van der Waals surface area contributed by atoms with Gasteiger partial charge >= 0.3 is 0 Å². The SMILES string of the molecule is CNC(C)(C#N)CC(C)(C)C. The van der Waals surface area contributed by atoms with Crippen LogP contribution in [0.25, 0.3) is 0 Å². The molecule has 0 rings (SSSR count).